The summed E-state index contributed by atoms with van der Waals surface area (Å²) in [5.74, 6) is -1.59. The van der Waals surface area contributed by atoms with E-state index in [2.05, 4.69) is 17.4 Å². The molecule has 7 nitrogen and oxygen atoms in total. The van der Waals surface area contributed by atoms with E-state index in [9.17, 15) is 19.5 Å². The first kappa shape index (κ1) is 22.7. The molecule has 1 fully saturated rings. The van der Waals surface area contributed by atoms with Gasteiger partial charge in [-0.1, -0.05) is 78.9 Å². The van der Waals surface area contributed by atoms with Crippen LogP contribution in [0.3, 0.4) is 0 Å². The minimum absolute atomic E-state index is 0.0828. The highest BCUT2D eigenvalue weighted by Crippen LogP contribution is 2.44. The maximum Gasteiger partial charge on any atom is 0.408 e. The number of hydrogen-bond donors (Lipinski definition) is 2. The predicted molar refractivity (Wildman–Crippen MR) is 130 cm³/mol. The summed E-state index contributed by atoms with van der Waals surface area (Å²) in [4.78, 5) is 38.7. The molecule has 0 atom stereocenters. The van der Waals surface area contributed by atoms with E-state index in [1.807, 2.05) is 66.7 Å². The van der Waals surface area contributed by atoms with Crippen LogP contribution in [-0.4, -0.2) is 46.7 Å². The Balaban J connectivity index is 1.26. The van der Waals surface area contributed by atoms with Crippen LogP contribution in [0.2, 0.25) is 0 Å². The smallest absolute Gasteiger partial charge is 0.408 e. The molecule has 2 N–H and O–H groups in total. The number of nitrogens with zero attached hydrogens (tertiary/aromatic N) is 1. The minimum atomic E-state index is -1.12. The van der Waals surface area contributed by atoms with Crippen LogP contribution >= 0.6 is 0 Å². The summed E-state index contributed by atoms with van der Waals surface area (Å²) in [5.41, 5.74) is 4.18. The number of carbonyl (C=O) groups excluding carboxylic acids is 2. The summed E-state index contributed by atoms with van der Waals surface area (Å²) in [5, 5.41) is 12.1. The van der Waals surface area contributed by atoms with Crippen molar-refractivity contribution in [2.24, 2.45) is 0 Å². The number of benzene rings is 3. The third-order valence-corrected chi connectivity index (χ3v) is 6.67. The largest absolute Gasteiger partial charge is 0.480 e. The first-order valence-corrected chi connectivity index (χ1v) is 11.7. The molecule has 0 radical (unpaired) electrons. The molecule has 0 bridgehead atoms. The number of carboxylic acid groups (broad SMARTS) is 1. The molecule has 2 aliphatic carbocycles. The fraction of sp³-hybridized carbons (Fsp3) is 0.250. The van der Waals surface area contributed by atoms with E-state index in [4.69, 9.17) is 4.74 Å². The number of rotatable bonds is 8. The Bertz CT molecular complexity index is 1220. The maximum atomic E-state index is 13.3. The summed E-state index contributed by atoms with van der Waals surface area (Å²) in [6.45, 7) is -0.144. The van der Waals surface area contributed by atoms with Crippen molar-refractivity contribution in [2.45, 2.75) is 30.8 Å². The van der Waals surface area contributed by atoms with Crippen molar-refractivity contribution in [2.75, 3.05) is 13.2 Å². The maximum absolute atomic E-state index is 13.3. The summed E-state index contributed by atoms with van der Waals surface area (Å²) >= 11 is 0. The molecule has 0 aliphatic heterocycles. The van der Waals surface area contributed by atoms with E-state index in [0.717, 1.165) is 27.8 Å². The van der Waals surface area contributed by atoms with Crippen molar-refractivity contribution < 1.29 is 24.2 Å². The number of nitrogens with one attached hydrogen (secondary N) is 1. The molecular weight excluding hydrogens is 444 g/mol. The standard InChI is InChI=1S/C28H26N2O5/c31-25(32)17-30(16-19-8-2-1-3-9-19)26(33)28(14-15-28)29-27(34)35-18-24-22-12-6-4-10-20(22)21-11-5-7-13-23(21)24/h1-13,24H,14-18H2,(H,29,34)(H,31,32). The monoisotopic (exact) mass is 470 g/mol. The highest BCUT2D eigenvalue weighted by molar-refractivity contribution is 5.94. The van der Waals surface area contributed by atoms with Crippen LogP contribution in [0.1, 0.15) is 35.4 Å². The quantitative estimate of drug-likeness (QED) is 0.515. The Hall–Kier alpha value is -4.13. The van der Waals surface area contributed by atoms with Crippen molar-refractivity contribution in [1.29, 1.82) is 0 Å². The Morgan fingerprint density at radius 2 is 1.46 bits per heavy atom. The molecule has 178 valence electrons. The lowest BCUT2D eigenvalue weighted by molar-refractivity contribution is -0.146. The first-order valence-electron chi connectivity index (χ1n) is 11.7. The second-order valence-electron chi connectivity index (χ2n) is 9.07. The Kier molecular flexibility index (Phi) is 5.99. The number of alkyl carbamates (subject to hydrolysis) is 1. The van der Waals surface area contributed by atoms with Crippen LogP contribution in [0.4, 0.5) is 4.79 Å². The number of aliphatic carboxylic acids is 1. The van der Waals surface area contributed by atoms with Crippen LogP contribution < -0.4 is 5.32 Å². The molecule has 2 amide bonds. The molecule has 1 saturated carbocycles. The van der Waals surface area contributed by atoms with Crippen LogP contribution in [0, 0.1) is 0 Å². The third-order valence-electron chi connectivity index (χ3n) is 6.67. The molecule has 0 spiro atoms. The average Bonchev–Trinajstić information content (AvgIpc) is 3.57. The van der Waals surface area contributed by atoms with E-state index >= 15 is 0 Å². The predicted octanol–water partition coefficient (Wildman–Crippen LogP) is 4.17. The minimum Gasteiger partial charge on any atom is -0.480 e. The highest BCUT2D eigenvalue weighted by atomic mass is 16.5. The van der Waals surface area contributed by atoms with Gasteiger partial charge >= 0.3 is 12.1 Å². The zero-order chi connectivity index (χ0) is 24.4. The van der Waals surface area contributed by atoms with Crippen molar-refractivity contribution in [3.63, 3.8) is 0 Å². The van der Waals surface area contributed by atoms with E-state index in [-0.39, 0.29) is 19.1 Å². The lowest BCUT2D eigenvalue weighted by atomic mass is 9.98. The van der Waals surface area contributed by atoms with E-state index < -0.39 is 30.1 Å². The molecule has 0 unspecified atom stereocenters. The van der Waals surface area contributed by atoms with E-state index in [0.29, 0.717) is 12.8 Å². The Labute approximate surface area is 203 Å². The molecule has 0 heterocycles. The fourth-order valence-electron chi connectivity index (χ4n) is 4.82. The number of hydrogen-bond acceptors (Lipinski definition) is 4. The van der Waals surface area contributed by atoms with Gasteiger partial charge in [-0.05, 0) is 40.7 Å². The van der Waals surface area contributed by atoms with Gasteiger partial charge in [0.25, 0.3) is 0 Å². The van der Waals surface area contributed by atoms with Gasteiger partial charge in [0.15, 0.2) is 0 Å². The van der Waals surface area contributed by atoms with Gasteiger partial charge in [0, 0.05) is 12.5 Å². The highest BCUT2D eigenvalue weighted by Gasteiger charge is 2.53. The van der Waals surface area contributed by atoms with Crippen LogP contribution in [0.5, 0.6) is 0 Å². The van der Waals surface area contributed by atoms with Crippen LogP contribution in [0.15, 0.2) is 78.9 Å². The number of amides is 2. The third kappa shape index (κ3) is 4.62. The molecule has 3 aromatic carbocycles. The molecule has 2 aliphatic rings. The molecule has 35 heavy (non-hydrogen) atoms. The zero-order valence-corrected chi connectivity index (χ0v) is 19.1. The van der Waals surface area contributed by atoms with Crippen molar-refractivity contribution in [1.82, 2.24) is 10.2 Å². The van der Waals surface area contributed by atoms with Gasteiger partial charge in [0.1, 0.15) is 18.7 Å². The summed E-state index contributed by atoms with van der Waals surface area (Å²) in [7, 11) is 0. The van der Waals surface area contributed by atoms with Crippen LogP contribution in [-0.2, 0) is 20.9 Å². The van der Waals surface area contributed by atoms with Crippen molar-refractivity contribution in [3.05, 3.63) is 95.6 Å². The zero-order valence-electron chi connectivity index (χ0n) is 19.1. The van der Waals surface area contributed by atoms with Gasteiger partial charge < -0.3 is 20.1 Å². The molecular formula is C28H26N2O5. The van der Waals surface area contributed by atoms with Gasteiger partial charge in [-0.2, -0.15) is 0 Å². The fourth-order valence-corrected chi connectivity index (χ4v) is 4.82. The van der Waals surface area contributed by atoms with E-state index in [1.165, 1.54) is 4.90 Å². The second-order valence-corrected chi connectivity index (χ2v) is 9.07. The number of ether oxygens (including phenoxy) is 1. The number of carboxylic acids is 1. The Morgan fingerprint density at radius 3 is 2.03 bits per heavy atom. The van der Waals surface area contributed by atoms with Crippen molar-refractivity contribution >= 4 is 18.0 Å². The van der Waals surface area contributed by atoms with E-state index in [1.54, 1.807) is 0 Å². The molecule has 0 aromatic heterocycles. The topological polar surface area (TPSA) is 95.9 Å². The van der Waals surface area contributed by atoms with Gasteiger partial charge in [-0.3, -0.25) is 9.59 Å². The number of fused-ring (bicyclic) bond motifs is 3. The van der Waals surface area contributed by atoms with Gasteiger partial charge in [-0.25, -0.2) is 4.79 Å². The van der Waals surface area contributed by atoms with Crippen molar-refractivity contribution in [3.8, 4) is 11.1 Å². The summed E-state index contributed by atoms with van der Waals surface area (Å²) in [6.07, 6.45) is 0.217. The molecule has 5 rings (SSSR count). The lowest BCUT2D eigenvalue weighted by Gasteiger charge is -2.27. The summed E-state index contributed by atoms with van der Waals surface area (Å²) < 4.78 is 5.61. The van der Waals surface area contributed by atoms with Gasteiger partial charge in [-0.15, -0.1) is 0 Å². The van der Waals surface area contributed by atoms with Gasteiger partial charge in [0.05, 0.1) is 0 Å². The molecule has 0 saturated heterocycles. The Morgan fingerprint density at radius 1 is 0.886 bits per heavy atom. The normalized spacial score (nSPS) is 15.0. The SMILES string of the molecule is O=C(O)CN(Cc1ccccc1)C(=O)C1(NC(=O)OCC2c3ccccc3-c3ccccc32)CC1. The average molecular weight is 471 g/mol. The molecule has 3 aromatic rings. The second kappa shape index (κ2) is 9.25. The summed E-state index contributed by atoms with van der Waals surface area (Å²) in [6, 6.07) is 25.3. The number of carbonyl (C=O) groups is 3. The first-order chi connectivity index (χ1) is 17.0. The lowest BCUT2D eigenvalue weighted by Crippen LogP contribution is -2.51. The van der Waals surface area contributed by atoms with Crippen LogP contribution in [0.25, 0.3) is 11.1 Å². The molecule has 7 heteroatoms. The van der Waals surface area contributed by atoms with Gasteiger partial charge in [0.2, 0.25) is 5.91 Å².